The number of amides is 1. The summed E-state index contributed by atoms with van der Waals surface area (Å²) in [4.78, 5) is 11.5. The lowest BCUT2D eigenvalue weighted by Gasteiger charge is -2.32. The molecule has 15 heavy (non-hydrogen) atoms. The van der Waals surface area contributed by atoms with Crippen molar-refractivity contribution in [3.05, 3.63) is 0 Å². The van der Waals surface area contributed by atoms with Crippen molar-refractivity contribution in [2.45, 2.75) is 26.2 Å². The van der Waals surface area contributed by atoms with Gasteiger partial charge in [-0.15, -0.1) is 0 Å². The maximum Gasteiger partial charge on any atom is 0.238 e. The number of carbonyl (C=O) groups is 1. The van der Waals surface area contributed by atoms with Crippen molar-refractivity contribution in [2.24, 2.45) is 5.92 Å². The second-order valence-electron chi connectivity index (χ2n) is 4.47. The van der Waals surface area contributed by atoms with Crippen LogP contribution >= 0.6 is 0 Å². The van der Waals surface area contributed by atoms with Crippen molar-refractivity contribution in [3.8, 4) is 0 Å². The first-order valence-corrected chi connectivity index (χ1v) is 6.07. The zero-order valence-corrected chi connectivity index (χ0v) is 9.54. The predicted octanol–water partition coefficient (Wildman–Crippen LogP) is 0.455. The lowest BCUT2D eigenvalue weighted by atomic mass is 9.98. The molecular weight excluding hydrogens is 190 g/mol. The number of hydrazine groups is 1. The Bertz CT molecular complexity index is 226. The highest BCUT2D eigenvalue weighted by Gasteiger charge is 2.29. The van der Waals surface area contributed by atoms with Gasteiger partial charge in [-0.1, -0.05) is 0 Å². The van der Waals surface area contributed by atoms with E-state index in [9.17, 15) is 4.79 Å². The number of piperidine rings is 1. The van der Waals surface area contributed by atoms with Gasteiger partial charge in [-0.3, -0.25) is 9.80 Å². The van der Waals surface area contributed by atoms with E-state index in [4.69, 9.17) is 0 Å². The summed E-state index contributed by atoms with van der Waals surface area (Å²) in [7, 11) is 0. The van der Waals surface area contributed by atoms with Crippen molar-refractivity contribution in [1.82, 2.24) is 15.3 Å². The van der Waals surface area contributed by atoms with E-state index < -0.39 is 0 Å². The van der Waals surface area contributed by atoms with Crippen molar-refractivity contribution in [1.29, 1.82) is 0 Å². The molecular formula is C11H21N3O. The minimum Gasteiger partial charge on any atom is -0.317 e. The molecule has 0 atom stereocenters. The van der Waals surface area contributed by atoms with Gasteiger partial charge in [0.15, 0.2) is 0 Å². The van der Waals surface area contributed by atoms with Crippen LogP contribution in [0.15, 0.2) is 0 Å². The smallest absolute Gasteiger partial charge is 0.238 e. The van der Waals surface area contributed by atoms with E-state index in [1.165, 1.54) is 12.8 Å². The van der Waals surface area contributed by atoms with Gasteiger partial charge in [0.1, 0.15) is 0 Å². The molecule has 0 spiro atoms. The fourth-order valence-corrected chi connectivity index (χ4v) is 2.56. The number of nitrogens with zero attached hydrogens (tertiary/aromatic N) is 2. The van der Waals surface area contributed by atoms with Crippen molar-refractivity contribution >= 4 is 5.91 Å². The van der Waals surface area contributed by atoms with E-state index in [1.54, 1.807) is 0 Å². The van der Waals surface area contributed by atoms with Crippen LogP contribution in [0.2, 0.25) is 0 Å². The normalized spacial score (nSPS) is 25.1. The van der Waals surface area contributed by atoms with Gasteiger partial charge in [0.05, 0.1) is 0 Å². The molecule has 1 N–H and O–H groups in total. The molecule has 4 nitrogen and oxygen atoms in total. The largest absolute Gasteiger partial charge is 0.317 e. The lowest BCUT2D eigenvalue weighted by molar-refractivity contribution is -0.138. The molecule has 0 bridgehead atoms. The van der Waals surface area contributed by atoms with Crippen molar-refractivity contribution in [2.75, 3.05) is 32.7 Å². The molecule has 0 radical (unpaired) electrons. The maximum atomic E-state index is 11.5. The number of carbonyl (C=O) groups excluding carboxylic acids is 1. The summed E-state index contributed by atoms with van der Waals surface area (Å²) >= 11 is 0. The monoisotopic (exact) mass is 211 g/mol. The van der Waals surface area contributed by atoms with Crippen LogP contribution in [-0.4, -0.2) is 48.6 Å². The van der Waals surface area contributed by atoms with E-state index in [2.05, 4.69) is 17.2 Å². The Morgan fingerprint density at radius 1 is 1.40 bits per heavy atom. The van der Waals surface area contributed by atoms with Gasteiger partial charge in [-0.05, 0) is 38.8 Å². The van der Waals surface area contributed by atoms with Crippen LogP contribution < -0.4 is 5.32 Å². The molecule has 4 heteroatoms. The van der Waals surface area contributed by atoms with E-state index >= 15 is 0 Å². The molecule has 2 saturated heterocycles. The minimum atomic E-state index is 0.298. The molecule has 2 rings (SSSR count). The highest BCUT2D eigenvalue weighted by Crippen LogP contribution is 2.18. The average molecular weight is 211 g/mol. The Labute approximate surface area is 91.6 Å². The van der Waals surface area contributed by atoms with Crippen LogP contribution in [0, 0.1) is 5.92 Å². The zero-order valence-electron chi connectivity index (χ0n) is 9.54. The highest BCUT2D eigenvalue weighted by molar-refractivity contribution is 5.77. The lowest BCUT2D eigenvalue weighted by Crippen LogP contribution is -2.43. The number of nitrogens with one attached hydrogen (secondary N) is 1. The summed E-state index contributed by atoms with van der Waals surface area (Å²) in [6.07, 6.45) is 3.21. The molecule has 0 aromatic carbocycles. The van der Waals surface area contributed by atoms with Gasteiger partial charge in [-0.2, -0.15) is 0 Å². The van der Waals surface area contributed by atoms with E-state index in [0.717, 1.165) is 38.6 Å². The molecule has 86 valence electrons. The van der Waals surface area contributed by atoms with Crippen LogP contribution in [0.25, 0.3) is 0 Å². The highest BCUT2D eigenvalue weighted by atomic mass is 16.2. The summed E-state index contributed by atoms with van der Waals surface area (Å²) in [5, 5.41) is 7.54. The SMILES string of the molecule is CCN1C(=O)CCN1CC1CCNCC1. The zero-order chi connectivity index (χ0) is 10.7. The standard InChI is InChI=1S/C11H21N3O/c1-2-14-11(15)5-8-13(14)9-10-3-6-12-7-4-10/h10,12H,2-9H2,1H3. The first-order chi connectivity index (χ1) is 7.31. The Morgan fingerprint density at radius 2 is 2.13 bits per heavy atom. The molecule has 2 heterocycles. The first kappa shape index (κ1) is 10.9. The van der Waals surface area contributed by atoms with Gasteiger partial charge in [0, 0.05) is 26.1 Å². The number of hydrogen-bond donors (Lipinski definition) is 1. The molecule has 2 fully saturated rings. The third-order valence-corrected chi connectivity index (χ3v) is 3.44. The van der Waals surface area contributed by atoms with Crippen molar-refractivity contribution in [3.63, 3.8) is 0 Å². The van der Waals surface area contributed by atoms with Gasteiger partial charge >= 0.3 is 0 Å². The molecule has 0 aromatic rings. The van der Waals surface area contributed by atoms with Gasteiger partial charge in [0.25, 0.3) is 0 Å². The summed E-state index contributed by atoms with van der Waals surface area (Å²) in [6, 6.07) is 0. The molecule has 0 aromatic heterocycles. The minimum absolute atomic E-state index is 0.298. The summed E-state index contributed by atoms with van der Waals surface area (Å²) in [5.74, 6) is 1.07. The van der Waals surface area contributed by atoms with Gasteiger partial charge < -0.3 is 5.32 Å². The Kier molecular flexibility index (Phi) is 3.59. The summed E-state index contributed by atoms with van der Waals surface area (Å²) in [6.45, 7) is 7.15. The predicted molar refractivity (Wildman–Crippen MR) is 59.2 cm³/mol. The second-order valence-corrected chi connectivity index (χ2v) is 4.47. The quantitative estimate of drug-likeness (QED) is 0.736. The number of rotatable bonds is 3. The van der Waals surface area contributed by atoms with Gasteiger partial charge in [-0.25, -0.2) is 5.01 Å². The van der Waals surface area contributed by atoms with Crippen LogP contribution in [-0.2, 0) is 4.79 Å². The van der Waals surface area contributed by atoms with Crippen LogP contribution in [0.5, 0.6) is 0 Å². The van der Waals surface area contributed by atoms with E-state index in [0.29, 0.717) is 12.3 Å². The topological polar surface area (TPSA) is 35.6 Å². The third kappa shape index (κ3) is 2.49. The van der Waals surface area contributed by atoms with Gasteiger partial charge in [0.2, 0.25) is 5.91 Å². The molecule has 0 aliphatic carbocycles. The fraction of sp³-hybridized carbons (Fsp3) is 0.909. The number of hydrogen-bond acceptors (Lipinski definition) is 3. The Balaban J connectivity index is 1.85. The first-order valence-electron chi connectivity index (χ1n) is 6.07. The third-order valence-electron chi connectivity index (χ3n) is 3.44. The maximum absolute atomic E-state index is 11.5. The molecule has 2 aliphatic rings. The van der Waals surface area contributed by atoms with Crippen molar-refractivity contribution < 1.29 is 4.79 Å². The summed E-state index contributed by atoms with van der Waals surface area (Å²) < 4.78 is 0. The Hall–Kier alpha value is -0.610. The molecule has 0 saturated carbocycles. The molecule has 0 unspecified atom stereocenters. The van der Waals surface area contributed by atoms with E-state index in [1.807, 2.05) is 5.01 Å². The van der Waals surface area contributed by atoms with E-state index in [-0.39, 0.29) is 0 Å². The fourth-order valence-electron chi connectivity index (χ4n) is 2.56. The van der Waals surface area contributed by atoms with Crippen LogP contribution in [0.3, 0.4) is 0 Å². The Morgan fingerprint density at radius 3 is 2.80 bits per heavy atom. The summed E-state index contributed by atoms with van der Waals surface area (Å²) in [5.41, 5.74) is 0. The average Bonchev–Trinajstić information content (AvgIpc) is 2.61. The van der Waals surface area contributed by atoms with Crippen LogP contribution in [0.1, 0.15) is 26.2 Å². The molecule has 1 amide bonds. The molecule has 2 aliphatic heterocycles. The van der Waals surface area contributed by atoms with Crippen LogP contribution in [0.4, 0.5) is 0 Å². The second kappa shape index (κ2) is 4.94.